The molecule has 21 nitrogen and oxygen atoms in total. The Balaban J connectivity index is 1.33. The normalized spacial score (nSPS) is 11.2. The highest BCUT2D eigenvalue weighted by atomic mass is 16.4. The summed E-state index contributed by atoms with van der Waals surface area (Å²) < 4.78 is 0. The first kappa shape index (κ1) is 50.7. The summed E-state index contributed by atoms with van der Waals surface area (Å²) >= 11 is 0. The molecule has 0 amide bonds. The first-order valence-corrected chi connectivity index (χ1v) is 22.0. The molecule has 21 heteroatoms. The second-order valence-electron chi connectivity index (χ2n) is 16.5. The van der Waals surface area contributed by atoms with Gasteiger partial charge in [-0.2, -0.15) is 0 Å². The molecule has 0 saturated heterocycles. The summed E-state index contributed by atoms with van der Waals surface area (Å²) in [5, 5.41) is 58.5. The summed E-state index contributed by atoms with van der Waals surface area (Å²) in [6.07, 6.45) is 0. The maximum Gasteiger partial charge on any atom is 0.354 e. The molecule has 0 spiro atoms. The third-order valence-corrected chi connectivity index (χ3v) is 10.8. The molecule has 0 aliphatic carbocycles. The van der Waals surface area contributed by atoms with Gasteiger partial charge in [-0.15, -0.1) is 0 Å². The zero-order valence-electron chi connectivity index (χ0n) is 38.1. The molecule has 0 saturated carbocycles. The van der Waals surface area contributed by atoms with Crippen molar-refractivity contribution in [3.8, 4) is 0 Å². The van der Waals surface area contributed by atoms with Crippen LogP contribution in [0.25, 0.3) is 0 Å². The molecule has 7 rings (SSSR count). The molecule has 0 atom stereocenters. The number of rotatable bonds is 24. The van der Waals surface area contributed by atoms with Crippen molar-refractivity contribution in [3.05, 3.63) is 212 Å². The van der Waals surface area contributed by atoms with Crippen LogP contribution in [0.4, 0.5) is 0 Å². The number of hydrogen-bond donors (Lipinski definition) is 6. The maximum absolute atomic E-state index is 12.0. The molecule has 1 aromatic carbocycles. The second-order valence-corrected chi connectivity index (χ2v) is 16.5. The Morgan fingerprint density at radius 1 is 0.278 bits per heavy atom. The van der Waals surface area contributed by atoms with Crippen molar-refractivity contribution in [2.45, 2.75) is 58.9 Å². The highest BCUT2D eigenvalue weighted by Crippen LogP contribution is 2.23. The minimum absolute atomic E-state index is 0.0895. The van der Waals surface area contributed by atoms with Crippen LogP contribution < -0.4 is 0 Å². The van der Waals surface area contributed by atoms with Gasteiger partial charge in [0.15, 0.2) is 0 Å². The molecule has 0 radical (unpaired) electrons. The number of pyridine rings is 6. The number of aromatic carboxylic acids is 6. The lowest BCUT2D eigenvalue weighted by Gasteiger charge is -2.26. The van der Waals surface area contributed by atoms with Gasteiger partial charge in [0.2, 0.25) is 0 Å². The Morgan fingerprint density at radius 2 is 0.444 bits per heavy atom. The molecular formula is C51H45N9O12. The van der Waals surface area contributed by atoms with Crippen LogP contribution >= 0.6 is 0 Å². The first-order chi connectivity index (χ1) is 34.5. The fourth-order valence-corrected chi connectivity index (χ4v) is 7.89. The van der Waals surface area contributed by atoms with Gasteiger partial charge in [-0.3, -0.25) is 14.7 Å². The SMILES string of the molecule is O=C(O)c1cccc(CN(Cc2cc(CN(Cc3cccc(C(=O)O)n3)Cc3cccc(C(=O)O)n3)cc(CN(Cc3cccc(C(=O)O)n3)Cc3cccc(C(=O)O)n3)c2)Cc2cccc(C(=O)O)n2)n1. The lowest BCUT2D eigenvalue weighted by Crippen LogP contribution is -2.27. The minimum Gasteiger partial charge on any atom is -0.477 e. The largest absolute Gasteiger partial charge is 0.477 e. The quantitative estimate of drug-likeness (QED) is 0.0413. The second kappa shape index (κ2) is 23.4. The highest BCUT2D eigenvalue weighted by molar-refractivity contribution is 5.87. The predicted octanol–water partition coefficient (Wildman–Crippen LogP) is 5.85. The molecule has 0 bridgehead atoms. The van der Waals surface area contributed by atoms with Gasteiger partial charge in [0, 0.05) is 58.9 Å². The number of carboxylic acid groups (broad SMARTS) is 6. The first-order valence-electron chi connectivity index (χ1n) is 22.0. The van der Waals surface area contributed by atoms with E-state index < -0.39 is 35.8 Å². The lowest BCUT2D eigenvalue weighted by atomic mass is 10.0. The van der Waals surface area contributed by atoms with Gasteiger partial charge < -0.3 is 30.6 Å². The standard InChI is InChI=1S/C51H45N9O12/c61-46(62)40-13-1-7-34(52-40)25-58(26-35-8-2-14-41(53-35)47(63)64)22-31-19-32(23-59(27-36-9-3-15-42(54-36)48(65)66)28-37-10-4-16-43(55-37)49(67)68)21-33(20-31)24-60(29-38-11-5-17-44(56-38)50(69)70)30-39-12-6-18-45(57-39)51(71)72/h1-21H,22-30H2,(H,61,62)(H,63,64)(H,65,66)(H,67,68)(H,69,70)(H,71,72). The summed E-state index contributed by atoms with van der Waals surface area (Å²) in [6.45, 7) is 1.02. The highest BCUT2D eigenvalue weighted by Gasteiger charge is 2.20. The van der Waals surface area contributed by atoms with E-state index in [0.717, 1.165) is 0 Å². The topological polar surface area (TPSA) is 311 Å². The third kappa shape index (κ3) is 14.4. The van der Waals surface area contributed by atoms with Gasteiger partial charge in [0.25, 0.3) is 0 Å². The number of nitrogens with zero attached hydrogens (tertiary/aromatic N) is 9. The van der Waals surface area contributed by atoms with Crippen LogP contribution in [0, 0.1) is 0 Å². The molecule has 6 heterocycles. The van der Waals surface area contributed by atoms with E-state index in [1.165, 1.54) is 36.4 Å². The molecule has 72 heavy (non-hydrogen) atoms. The van der Waals surface area contributed by atoms with Crippen LogP contribution in [0.2, 0.25) is 0 Å². The van der Waals surface area contributed by atoms with E-state index >= 15 is 0 Å². The number of benzene rings is 1. The molecule has 6 aromatic heterocycles. The zero-order valence-corrected chi connectivity index (χ0v) is 38.1. The van der Waals surface area contributed by atoms with Crippen molar-refractivity contribution in [1.29, 1.82) is 0 Å². The van der Waals surface area contributed by atoms with Crippen molar-refractivity contribution >= 4 is 35.8 Å². The Hall–Kier alpha value is -9.18. The minimum atomic E-state index is -1.23. The fraction of sp³-hybridized carbons (Fsp3) is 0.176. The smallest absolute Gasteiger partial charge is 0.354 e. The van der Waals surface area contributed by atoms with Gasteiger partial charge in [-0.1, -0.05) is 54.6 Å². The van der Waals surface area contributed by atoms with Gasteiger partial charge in [-0.25, -0.2) is 58.7 Å². The molecule has 0 fully saturated rings. The van der Waals surface area contributed by atoms with E-state index in [2.05, 4.69) is 29.9 Å². The van der Waals surface area contributed by atoms with Crippen LogP contribution in [0.1, 0.15) is 114 Å². The Morgan fingerprint density at radius 3 is 0.597 bits per heavy atom. The number of aromatic nitrogens is 6. The molecule has 0 unspecified atom stereocenters. The van der Waals surface area contributed by atoms with Gasteiger partial charge >= 0.3 is 35.8 Å². The van der Waals surface area contributed by atoms with Crippen molar-refractivity contribution in [2.75, 3.05) is 0 Å². The molecular weight excluding hydrogens is 931 g/mol. The van der Waals surface area contributed by atoms with E-state index in [9.17, 15) is 59.4 Å². The van der Waals surface area contributed by atoms with Crippen molar-refractivity contribution in [3.63, 3.8) is 0 Å². The van der Waals surface area contributed by atoms with Crippen LogP contribution in [0.5, 0.6) is 0 Å². The summed E-state index contributed by atoms with van der Waals surface area (Å²) in [5.41, 5.74) is 3.45. The Labute approximate surface area is 410 Å². The van der Waals surface area contributed by atoms with E-state index in [-0.39, 0.29) is 93.1 Å². The zero-order chi connectivity index (χ0) is 51.3. The van der Waals surface area contributed by atoms with Crippen LogP contribution in [-0.2, 0) is 58.9 Å². The summed E-state index contributed by atoms with van der Waals surface area (Å²) in [7, 11) is 0. The maximum atomic E-state index is 12.0. The Kier molecular flexibility index (Phi) is 16.5. The van der Waals surface area contributed by atoms with Crippen LogP contribution in [0.3, 0.4) is 0 Å². The van der Waals surface area contributed by atoms with E-state index in [0.29, 0.717) is 50.9 Å². The molecule has 0 aliphatic rings. The number of carbonyl (C=O) groups is 6. The Bertz CT molecular complexity index is 2650. The third-order valence-electron chi connectivity index (χ3n) is 10.8. The predicted molar refractivity (Wildman–Crippen MR) is 252 cm³/mol. The summed E-state index contributed by atoms with van der Waals surface area (Å²) in [5.74, 6) is -7.36. The molecule has 0 aliphatic heterocycles. The molecule has 7 aromatic rings. The van der Waals surface area contributed by atoms with Crippen molar-refractivity contribution in [1.82, 2.24) is 44.6 Å². The lowest BCUT2D eigenvalue weighted by molar-refractivity contribution is 0.0679. The monoisotopic (exact) mass is 975 g/mol. The van der Waals surface area contributed by atoms with Crippen LogP contribution in [0.15, 0.2) is 127 Å². The summed E-state index contributed by atoms with van der Waals surface area (Å²) in [6, 6.07) is 33.4. The van der Waals surface area contributed by atoms with E-state index in [4.69, 9.17) is 0 Å². The summed E-state index contributed by atoms with van der Waals surface area (Å²) in [4.78, 5) is 103. The van der Waals surface area contributed by atoms with Crippen LogP contribution in [-0.4, -0.2) is 111 Å². The van der Waals surface area contributed by atoms with E-state index in [1.54, 1.807) is 72.8 Å². The van der Waals surface area contributed by atoms with E-state index in [1.807, 2.05) is 32.9 Å². The van der Waals surface area contributed by atoms with Crippen molar-refractivity contribution in [2.24, 2.45) is 0 Å². The average molecular weight is 976 g/mol. The fourth-order valence-electron chi connectivity index (χ4n) is 7.89. The van der Waals surface area contributed by atoms with Gasteiger partial charge in [0.05, 0.1) is 34.2 Å². The number of carboxylic acids is 6. The average Bonchev–Trinajstić information content (AvgIpc) is 3.34. The van der Waals surface area contributed by atoms with Gasteiger partial charge in [-0.05, 0) is 89.5 Å². The van der Waals surface area contributed by atoms with Crippen molar-refractivity contribution < 1.29 is 59.4 Å². The van der Waals surface area contributed by atoms with Gasteiger partial charge in [0.1, 0.15) is 34.2 Å². The molecule has 366 valence electrons. The molecule has 6 N–H and O–H groups in total. The number of hydrogen-bond acceptors (Lipinski definition) is 15.